The van der Waals surface area contributed by atoms with E-state index >= 15 is 0 Å². The molecule has 0 fully saturated rings. The molecule has 1 amide bonds. The fourth-order valence-corrected chi connectivity index (χ4v) is 1.18. The Balaban J connectivity index is 2.81. The molecule has 78 valence electrons. The van der Waals surface area contributed by atoms with Gasteiger partial charge in [-0.2, -0.15) is 0 Å². The van der Waals surface area contributed by atoms with Crippen molar-refractivity contribution >= 4 is 5.91 Å². The molecule has 15 heavy (non-hydrogen) atoms. The van der Waals surface area contributed by atoms with Crippen LogP contribution in [0.25, 0.3) is 0 Å². The standard InChI is InChI=1S/C12H13NO2/c1-3-4-8-13-12(15)10-6-5-7-11(14)9(10)2/h5-7,14H,8H2,1-2H3,(H,13,15). The van der Waals surface area contributed by atoms with E-state index in [9.17, 15) is 9.90 Å². The first-order chi connectivity index (χ1) is 7.16. The van der Waals surface area contributed by atoms with Crippen molar-refractivity contribution in [3.05, 3.63) is 29.3 Å². The van der Waals surface area contributed by atoms with Gasteiger partial charge >= 0.3 is 0 Å². The summed E-state index contributed by atoms with van der Waals surface area (Å²) in [6, 6.07) is 4.87. The van der Waals surface area contributed by atoms with Gasteiger partial charge in [0.15, 0.2) is 0 Å². The van der Waals surface area contributed by atoms with Crippen molar-refractivity contribution in [1.82, 2.24) is 5.32 Å². The fourth-order valence-electron chi connectivity index (χ4n) is 1.18. The van der Waals surface area contributed by atoms with E-state index in [4.69, 9.17) is 0 Å². The maximum atomic E-state index is 11.6. The topological polar surface area (TPSA) is 49.3 Å². The van der Waals surface area contributed by atoms with Crippen molar-refractivity contribution in [3.63, 3.8) is 0 Å². The van der Waals surface area contributed by atoms with Crippen LogP contribution < -0.4 is 5.32 Å². The second kappa shape index (κ2) is 5.06. The van der Waals surface area contributed by atoms with E-state index in [0.717, 1.165) is 0 Å². The van der Waals surface area contributed by atoms with E-state index in [1.54, 1.807) is 32.0 Å². The van der Waals surface area contributed by atoms with Crippen molar-refractivity contribution in [2.45, 2.75) is 13.8 Å². The quantitative estimate of drug-likeness (QED) is 0.715. The van der Waals surface area contributed by atoms with E-state index in [0.29, 0.717) is 17.7 Å². The second-order valence-corrected chi connectivity index (χ2v) is 3.06. The van der Waals surface area contributed by atoms with Gasteiger partial charge < -0.3 is 10.4 Å². The molecule has 0 radical (unpaired) electrons. The summed E-state index contributed by atoms with van der Waals surface area (Å²) in [4.78, 5) is 11.6. The van der Waals surface area contributed by atoms with Crippen molar-refractivity contribution < 1.29 is 9.90 Å². The van der Waals surface area contributed by atoms with Crippen LogP contribution in [0.2, 0.25) is 0 Å². The van der Waals surface area contributed by atoms with Crippen LogP contribution in [0, 0.1) is 18.8 Å². The maximum Gasteiger partial charge on any atom is 0.252 e. The van der Waals surface area contributed by atoms with Crippen molar-refractivity contribution in [2.24, 2.45) is 0 Å². The summed E-state index contributed by atoms with van der Waals surface area (Å²) < 4.78 is 0. The summed E-state index contributed by atoms with van der Waals surface area (Å²) in [7, 11) is 0. The highest BCUT2D eigenvalue weighted by Crippen LogP contribution is 2.19. The van der Waals surface area contributed by atoms with Gasteiger partial charge in [0.25, 0.3) is 5.91 Å². The highest BCUT2D eigenvalue weighted by atomic mass is 16.3. The minimum atomic E-state index is -0.217. The number of phenolic OH excluding ortho intramolecular Hbond substituents is 1. The Morgan fingerprint density at radius 3 is 2.93 bits per heavy atom. The minimum absolute atomic E-state index is 0.129. The number of rotatable bonds is 2. The number of benzene rings is 1. The third-order valence-electron chi connectivity index (χ3n) is 2.06. The minimum Gasteiger partial charge on any atom is -0.508 e. The maximum absolute atomic E-state index is 11.6. The van der Waals surface area contributed by atoms with Crippen molar-refractivity contribution in [2.75, 3.05) is 6.54 Å². The van der Waals surface area contributed by atoms with Gasteiger partial charge in [-0.05, 0) is 26.0 Å². The van der Waals surface area contributed by atoms with Gasteiger partial charge in [0.1, 0.15) is 5.75 Å². The molecule has 1 aromatic rings. The van der Waals surface area contributed by atoms with Crippen LogP contribution in [-0.2, 0) is 0 Å². The molecule has 0 aromatic heterocycles. The van der Waals surface area contributed by atoms with Gasteiger partial charge in [-0.1, -0.05) is 12.0 Å². The predicted octanol–water partition coefficient (Wildman–Crippen LogP) is 1.45. The van der Waals surface area contributed by atoms with Crippen LogP contribution in [0.4, 0.5) is 0 Å². The molecule has 0 aliphatic carbocycles. The Hall–Kier alpha value is -1.95. The summed E-state index contributed by atoms with van der Waals surface area (Å²) in [6.45, 7) is 3.74. The second-order valence-electron chi connectivity index (χ2n) is 3.06. The highest BCUT2D eigenvalue weighted by Gasteiger charge is 2.09. The van der Waals surface area contributed by atoms with Crippen LogP contribution in [0.3, 0.4) is 0 Å². The monoisotopic (exact) mass is 203 g/mol. The van der Waals surface area contributed by atoms with Gasteiger partial charge in [-0.25, -0.2) is 0 Å². The molecule has 0 aliphatic rings. The van der Waals surface area contributed by atoms with Crippen LogP contribution in [0.15, 0.2) is 18.2 Å². The van der Waals surface area contributed by atoms with Gasteiger partial charge in [0.05, 0.1) is 6.54 Å². The van der Waals surface area contributed by atoms with E-state index in [-0.39, 0.29) is 11.7 Å². The Kier molecular flexibility index (Phi) is 3.75. The van der Waals surface area contributed by atoms with Gasteiger partial charge in [-0.3, -0.25) is 4.79 Å². The van der Waals surface area contributed by atoms with E-state index < -0.39 is 0 Å². The molecular weight excluding hydrogens is 190 g/mol. The molecule has 0 atom stereocenters. The smallest absolute Gasteiger partial charge is 0.252 e. The van der Waals surface area contributed by atoms with E-state index in [1.807, 2.05) is 0 Å². The lowest BCUT2D eigenvalue weighted by Gasteiger charge is -2.06. The first kappa shape index (κ1) is 11.1. The normalized spacial score (nSPS) is 8.93. The Morgan fingerprint density at radius 1 is 1.53 bits per heavy atom. The summed E-state index contributed by atoms with van der Waals surface area (Å²) in [5.74, 6) is 5.34. The van der Waals surface area contributed by atoms with Crippen LogP contribution in [0.5, 0.6) is 5.75 Å². The number of hydrogen-bond acceptors (Lipinski definition) is 2. The average Bonchev–Trinajstić information content (AvgIpc) is 2.22. The van der Waals surface area contributed by atoms with Crippen LogP contribution in [0.1, 0.15) is 22.8 Å². The van der Waals surface area contributed by atoms with Crippen molar-refractivity contribution in [3.8, 4) is 17.6 Å². The van der Waals surface area contributed by atoms with Gasteiger partial charge in [-0.15, -0.1) is 5.92 Å². The summed E-state index contributed by atoms with van der Waals surface area (Å²) >= 11 is 0. The lowest BCUT2D eigenvalue weighted by Crippen LogP contribution is -2.24. The zero-order chi connectivity index (χ0) is 11.3. The molecule has 0 saturated carbocycles. The fraction of sp³-hybridized carbons (Fsp3) is 0.250. The summed E-state index contributed by atoms with van der Waals surface area (Å²) in [5, 5.41) is 12.1. The molecule has 0 saturated heterocycles. The molecule has 0 aliphatic heterocycles. The zero-order valence-corrected chi connectivity index (χ0v) is 8.79. The van der Waals surface area contributed by atoms with E-state index in [2.05, 4.69) is 17.2 Å². The first-order valence-electron chi connectivity index (χ1n) is 4.63. The first-order valence-corrected chi connectivity index (χ1v) is 4.63. The number of amides is 1. The zero-order valence-electron chi connectivity index (χ0n) is 8.79. The lowest BCUT2D eigenvalue weighted by molar-refractivity contribution is 0.0957. The number of aromatic hydroxyl groups is 1. The molecule has 3 nitrogen and oxygen atoms in total. The Bertz CT molecular complexity index is 427. The molecule has 0 spiro atoms. The number of carbonyl (C=O) groups is 1. The lowest BCUT2D eigenvalue weighted by atomic mass is 10.1. The van der Waals surface area contributed by atoms with Crippen molar-refractivity contribution in [1.29, 1.82) is 0 Å². The third kappa shape index (κ3) is 2.75. The number of nitrogens with one attached hydrogen (secondary N) is 1. The van der Waals surface area contributed by atoms with E-state index in [1.165, 1.54) is 0 Å². The third-order valence-corrected chi connectivity index (χ3v) is 2.06. The Morgan fingerprint density at radius 2 is 2.27 bits per heavy atom. The number of hydrogen-bond donors (Lipinski definition) is 2. The molecule has 2 N–H and O–H groups in total. The van der Waals surface area contributed by atoms with Gasteiger partial charge in [0.2, 0.25) is 0 Å². The molecule has 1 aromatic carbocycles. The predicted molar refractivity (Wildman–Crippen MR) is 58.6 cm³/mol. The largest absolute Gasteiger partial charge is 0.508 e. The molecule has 3 heteroatoms. The molecule has 0 heterocycles. The number of phenols is 1. The number of carbonyl (C=O) groups excluding carboxylic acids is 1. The molecule has 0 unspecified atom stereocenters. The molecular formula is C12H13NO2. The molecule has 0 bridgehead atoms. The summed E-state index contributed by atoms with van der Waals surface area (Å²) in [6.07, 6.45) is 0. The average molecular weight is 203 g/mol. The van der Waals surface area contributed by atoms with Gasteiger partial charge in [0, 0.05) is 11.1 Å². The van der Waals surface area contributed by atoms with Crippen LogP contribution >= 0.6 is 0 Å². The SMILES string of the molecule is CC#CCNC(=O)c1cccc(O)c1C. The summed E-state index contributed by atoms with van der Waals surface area (Å²) in [5.41, 5.74) is 1.06. The Labute approximate surface area is 89.1 Å². The van der Waals surface area contributed by atoms with Crippen LogP contribution in [-0.4, -0.2) is 17.6 Å². The molecule has 1 rings (SSSR count). The highest BCUT2D eigenvalue weighted by molar-refractivity contribution is 5.96.